The van der Waals surface area contributed by atoms with Gasteiger partial charge in [0.1, 0.15) is 23.1 Å². The molecule has 0 aliphatic heterocycles. The molecule has 1 aliphatic carbocycles. The number of ether oxygens (including phenoxy) is 2. The van der Waals surface area contributed by atoms with Gasteiger partial charge in [0.05, 0.1) is 17.9 Å². The number of nitrogens with zero attached hydrogens (tertiary/aromatic N) is 3. The van der Waals surface area contributed by atoms with Crippen LogP contribution >= 0.6 is 23.1 Å². The van der Waals surface area contributed by atoms with Gasteiger partial charge in [-0.25, -0.2) is 0 Å². The lowest BCUT2D eigenvalue weighted by molar-refractivity contribution is -0.115. The molecule has 0 unspecified atom stereocenters. The van der Waals surface area contributed by atoms with Crippen LogP contribution in [0.4, 0.5) is 5.00 Å². The first-order valence-electron chi connectivity index (χ1n) is 10.4. The summed E-state index contributed by atoms with van der Waals surface area (Å²) in [4.78, 5) is 25.9. The Morgan fingerprint density at radius 2 is 1.97 bits per heavy atom. The maximum Gasteiger partial charge on any atom is 0.251 e. The van der Waals surface area contributed by atoms with E-state index in [1.165, 1.54) is 23.1 Å². The highest BCUT2D eigenvalue weighted by Gasteiger charge is 2.27. The van der Waals surface area contributed by atoms with Crippen molar-refractivity contribution in [3.05, 3.63) is 46.1 Å². The molecule has 174 valence electrons. The predicted octanol–water partition coefficient (Wildman–Crippen LogP) is 3.17. The van der Waals surface area contributed by atoms with Gasteiger partial charge in [-0.15, -0.1) is 21.5 Å². The average molecular weight is 488 g/mol. The van der Waals surface area contributed by atoms with Crippen LogP contribution in [0.25, 0.3) is 0 Å². The number of aromatic nitrogens is 3. The summed E-state index contributed by atoms with van der Waals surface area (Å²) in [6, 6.07) is 7.27. The SMILES string of the molecule is COc1ccc(OCc2nnc(S[C@H](C)C(=O)Nc3sc4c(c3C(N)=O)CCC4)n2C)cc1. The van der Waals surface area contributed by atoms with Crippen molar-refractivity contribution in [1.82, 2.24) is 14.8 Å². The third-order valence-electron chi connectivity index (χ3n) is 5.41. The molecule has 9 nitrogen and oxygen atoms in total. The van der Waals surface area contributed by atoms with Crippen molar-refractivity contribution in [2.75, 3.05) is 12.4 Å². The lowest BCUT2D eigenvalue weighted by Crippen LogP contribution is -2.24. The molecule has 11 heteroatoms. The normalized spacial score (nSPS) is 13.4. The van der Waals surface area contributed by atoms with Gasteiger partial charge >= 0.3 is 0 Å². The Bertz CT molecular complexity index is 1170. The highest BCUT2D eigenvalue weighted by Crippen LogP contribution is 2.39. The van der Waals surface area contributed by atoms with Crippen LogP contribution in [0.2, 0.25) is 0 Å². The van der Waals surface area contributed by atoms with E-state index in [4.69, 9.17) is 15.2 Å². The summed E-state index contributed by atoms with van der Waals surface area (Å²) in [5.41, 5.74) is 7.02. The van der Waals surface area contributed by atoms with E-state index in [9.17, 15) is 9.59 Å². The van der Waals surface area contributed by atoms with E-state index in [0.717, 1.165) is 35.5 Å². The van der Waals surface area contributed by atoms with Gasteiger partial charge < -0.3 is 25.1 Å². The third kappa shape index (κ3) is 4.98. The van der Waals surface area contributed by atoms with Crippen LogP contribution in [0, 0.1) is 0 Å². The molecule has 0 bridgehead atoms. The fourth-order valence-electron chi connectivity index (χ4n) is 3.57. The van der Waals surface area contributed by atoms with Crippen molar-refractivity contribution in [1.29, 1.82) is 0 Å². The first-order valence-corrected chi connectivity index (χ1v) is 12.1. The van der Waals surface area contributed by atoms with Crippen LogP contribution < -0.4 is 20.5 Å². The Labute approximate surface area is 199 Å². The number of amides is 2. The molecule has 33 heavy (non-hydrogen) atoms. The number of carbonyl (C=O) groups excluding carboxylic acids is 2. The van der Waals surface area contributed by atoms with E-state index >= 15 is 0 Å². The van der Waals surface area contributed by atoms with Crippen LogP contribution in [0.1, 0.15) is 40.0 Å². The third-order valence-corrected chi connectivity index (χ3v) is 7.75. The number of thiophene rings is 1. The second-order valence-electron chi connectivity index (χ2n) is 7.60. The molecular formula is C22H25N5O4S2. The number of benzene rings is 1. The second kappa shape index (κ2) is 9.84. The molecule has 3 aromatic rings. The number of hydrogen-bond acceptors (Lipinski definition) is 8. The molecule has 1 atom stereocenters. The van der Waals surface area contributed by atoms with E-state index < -0.39 is 11.2 Å². The molecule has 0 saturated carbocycles. The largest absolute Gasteiger partial charge is 0.497 e. The fourth-order valence-corrected chi connectivity index (χ4v) is 5.70. The Morgan fingerprint density at radius 1 is 1.24 bits per heavy atom. The Morgan fingerprint density at radius 3 is 2.67 bits per heavy atom. The number of primary amides is 1. The summed E-state index contributed by atoms with van der Waals surface area (Å²) >= 11 is 2.73. The molecule has 0 saturated heterocycles. The summed E-state index contributed by atoms with van der Waals surface area (Å²) in [5.74, 6) is 1.35. The zero-order chi connectivity index (χ0) is 23.5. The minimum absolute atomic E-state index is 0.221. The van der Waals surface area contributed by atoms with Gasteiger partial charge in [-0.1, -0.05) is 11.8 Å². The summed E-state index contributed by atoms with van der Waals surface area (Å²) in [6.07, 6.45) is 2.75. The van der Waals surface area contributed by atoms with E-state index in [2.05, 4.69) is 15.5 Å². The number of anilines is 1. The quantitative estimate of drug-likeness (QED) is 0.445. The monoisotopic (exact) mass is 487 g/mol. The van der Waals surface area contributed by atoms with E-state index in [1.807, 2.05) is 31.3 Å². The lowest BCUT2D eigenvalue weighted by Gasteiger charge is -2.12. The van der Waals surface area contributed by atoms with Gasteiger partial charge in [-0.2, -0.15) is 0 Å². The van der Waals surface area contributed by atoms with Crippen molar-refractivity contribution >= 4 is 39.9 Å². The Balaban J connectivity index is 1.37. The minimum Gasteiger partial charge on any atom is -0.497 e. The Hall–Kier alpha value is -3.05. The molecule has 2 aromatic heterocycles. The van der Waals surface area contributed by atoms with Crippen molar-refractivity contribution in [2.24, 2.45) is 12.8 Å². The molecular weight excluding hydrogens is 462 g/mol. The van der Waals surface area contributed by atoms with E-state index in [-0.39, 0.29) is 12.5 Å². The van der Waals surface area contributed by atoms with Crippen molar-refractivity contribution in [3.8, 4) is 11.5 Å². The van der Waals surface area contributed by atoms with Crippen LogP contribution in [0.15, 0.2) is 29.4 Å². The van der Waals surface area contributed by atoms with Crippen LogP contribution in [0.3, 0.4) is 0 Å². The molecule has 2 amide bonds. The zero-order valence-electron chi connectivity index (χ0n) is 18.6. The lowest BCUT2D eigenvalue weighted by atomic mass is 10.1. The smallest absolute Gasteiger partial charge is 0.251 e. The zero-order valence-corrected chi connectivity index (χ0v) is 20.2. The topological polar surface area (TPSA) is 121 Å². The number of thioether (sulfide) groups is 1. The molecule has 0 spiro atoms. The molecule has 4 rings (SSSR count). The van der Waals surface area contributed by atoms with Gasteiger partial charge in [-0.3, -0.25) is 9.59 Å². The van der Waals surface area contributed by atoms with Gasteiger partial charge in [0, 0.05) is 11.9 Å². The highest BCUT2D eigenvalue weighted by molar-refractivity contribution is 8.00. The molecule has 0 fully saturated rings. The van der Waals surface area contributed by atoms with Crippen molar-refractivity contribution < 1.29 is 19.1 Å². The van der Waals surface area contributed by atoms with Gasteiger partial charge in [0.2, 0.25) is 5.91 Å². The predicted molar refractivity (Wildman–Crippen MR) is 127 cm³/mol. The van der Waals surface area contributed by atoms with Crippen molar-refractivity contribution in [2.45, 2.75) is 43.2 Å². The molecule has 3 N–H and O–H groups in total. The summed E-state index contributed by atoms with van der Waals surface area (Å²) in [6.45, 7) is 2.02. The highest BCUT2D eigenvalue weighted by atomic mass is 32.2. The molecule has 1 aliphatic rings. The number of nitrogens with one attached hydrogen (secondary N) is 1. The first kappa shape index (κ1) is 23.1. The minimum atomic E-state index is -0.500. The standard InChI is InChI=1S/C22H25N5O4S2/c1-12(20(29)24-21-18(19(23)28)15-5-4-6-16(15)33-21)32-22-26-25-17(27(22)2)11-31-14-9-7-13(30-3)8-10-14/h7-10,12H,4-6,11H2,1-3H3,(H2,23,28)(H,24,29)/t12-/m1/s1. The number of nitrogens with two attached hydrogens (primary N) is 1. The summed E-state index contributed by atoms with van der Waals surface area (Å²) in [7, 11) is 3.44. The molecule has 1 aromatic carbocycles. The molecule has 0 radical (unpaired) electrons. The van der Waals surface area contributed by atoms with Gasteiger partial charge in [0.15, 0.2) is 11.0 Å². The van der Waals surface area contributed by atoms with Crippen LogP contribution in [0.5, 0.6) is 11.5 Å². The number of methoxy groups -OCH3 is 1. The Kier molecular flexibility index (Phi) is 6.89. The fraction of sp³-hybridized carbons (Fsp3) is 0.364. The second-order valence-corrected chi connectivity index (χ2v) is 10.0. The maximum atomic E-state index is 12.8. The van der Waals surface area contributed by atoms with Crippen LogP contribution in [-0.2, 0) is 31.3 Å². The van der Waals surface area contributed by atoms with E-state index in [1.54, 1.807) is 18.6 Å². The number of rotatable bonds is 9. The number of hydrogen-bond donors (Lipinski definition) is 2. The van der Waals surface area contributed by atoms with Gasteiger partial charge in [-0.05, 0) is 56.0 Å². The maximum absolute atomic E-state index is 12.8. The number of fused-ring (bicyclic) bond motifs is 1. The van der Waals surface area contributed by atoms with Crippen LogP contribution in [-0.4, -0.2) is 38.9 Å². The van der Waals surface area contributed by atoms with Crippen molar-refractivity contribution in [3.63, 3.8) is 0 Å². The summed E-state index contributed by atoms with van der Waals surface area (Å²) < 4.78 is 12.7. The van der Waals surface area contributed by atoms with Gasteiger partial charge in [0.25, 0.3) is 5.91 Å². The molecule has 2 heterocycles. The number of aryl methyl sites for hydroxylation is 1. The van der Waals surface area contributed by atoms with E-state index in [0.29, 0.717) is 27.3 Å². The number of carbonyl (C=O) groups is 2. The summed E-state index contributed by atoms with van der Waals surface area (Å²) in [5, 5.41) is 11.9. The average Bonchev–Trinajstić information content (AvgIpc) is 3.47. The first-order chi connectivity index (χ1) is 15.9.